The van der Waals surface area contributed by atoms with E-state index in [0.717, 1.165) is 0 Å². The first kappa shape index (κ1) is 18.6. The summed E-state index contributed by atoms with van der Waals surface area (Å²) in [5, 5.41) is 8.93. The second-order valence-corrected chi connectivity index (χ2v) is 5.03. The van der Waals surface area contributed by atoms with E-state index >= 15 is 0 Å². The molecular formula is C12H11F6NO2S. The number of alkyl halides is 6. The average molecular weight is 347 g/mol. The van der Waals surface area contributed by atoms with Crippen LogP contribution in [0.25, 0.3) is 0 Å². The first-order valence-electron chi connectivity index (χ1n) is 5.71. The Bertz CT molecular complexity index is 539. The molecule has 1 atom stereocenters. The number of carbonyl (C=O) groups is 1. The molecule has 1 aromatic rings. The lowest BCUT2D eigenvalue weighted by Crippen LogP contribution is -2.51. The van der Waals surface area contributed by atoms with Gasteiger partial charge in [-0.15, -0.1) is 0 Å². The predicted molar refractivity (Wildman–Crippen MR) is 68.6 cm³/mol. The SMILES string of the molecule is N[C@](CS)(Cc1cc(C(F)(F)F)cc(C(F)(F)F)c1)C(=O)O. The van der Waals surface area contributed by atoms with Crippen LogP contribution >= 0.6 is 12.6 Å². The molecular weight excluding hydrogens is 336 g/mol. The zero-order valence-electron chi connectivity index (χ0n) is 10.8. The predicted octanol–water partition coefficient (Wildman–Crippen LogP) is 2.98. The normalized spacial score (nSPS) is 15.5. The summed E-state index contributed by atoms with van der Waals surface area (Å²) in [6.07, 6.45) is -10.7. The van der Waals surface area contributed by atoms with Gasteiger partial charge in [-0.3, -0.25) is 4.79 Å². The molecule has 0 aliphatic carbocycles. The van der Waals surface area contributed by atoms with Crippen LogP contribution < -0.4 is 5.73 Å². The van der Waals surface area contributed by atoms with Gasteiger partial charge in [-0.05, 0) is 23.8 Å². The number of benzene rings is 1. The highest BCUT2D eigenvalue weighted by molar-refractivity contribution is 7.80. The molecule has 0 radical (unpaired) electrons. The van der Waals surface area contributed by atoms with Crippen molar-refractivity contribution in [2.45, 2.75) is 24.3 Å². The monoisotopic (exact) mass is 347 g/mol. The highest BCUT2D eigenvalue weighted by atomic mass is 32.1. The van der Waals surface area contributed by atoms with E-state index in [4.69, 9.17) is 10.8 Å². The Morgan fingerprint density at radius 3 is 1.73 bits per heavy atom. The fraction of sp³-hybridized carbons (Fsp3) is 0.417. The van der Waals surface area contributed by atoms with Gasteiger partial charge in [0.1, 0.15) is 5.54 Å². The van der Waals surface area contributed by atoms with Gasteiger partial charge in [-0.1, -0.05) is 0 Å². The first-order chi connectivity index (χ1) is 9.79. The number of aliphatic carboxylic acids is 1. The highest BCUT2D eigenvalue weighted by Gasteiger charge is 2.39. The third-order valence-electron chi connectivity index (χ3n) is 2.88. The maximum atomic E-state index is 12.7. The van der Waals surface area contributed by atoms with Gasteiger partial charge in [0, 0.05) is 12.2 Å². The van der Waals surface area contributed by atoms with E-state index in [9.17, 15) is 31.1 Å². The Kier molecular flexibility index (Phi) is 5.08. The van der Waals surface area contributed by atoms with E-state index < -0.39 is 52.7 Å². The number of hydrogen-bond acceptors (Lipinski definition) is 3. The second kappa shape index (κ2) is 5.99. The molecule has 10 heteroatoms. The van der Waals surface area contributed by atoms with Crippen LogP contribution in [0.4, 0.5) is 26.3 Å². The number of halogens is 6. The summed E-state index contributed by atoms with van der Waals surface area (Å²) < 4.78 is 76.1. The van der Waals surface area contributed by atoms with Gasteiger partial charge in [-0.2, -0.15) is 39.0 Å². The summed E-state index contributed by atoms with van der Waals surface area (Å²) in [4.78, 5) is 11.0. The topological polar surface area (TPSA) is 63.3 Å². The van der Waals surface area contributed by atoms with Crippen LogP contribution in [-0.4, -0.2) is 22.4 Å². The summed E-state index contributed by atoms with van der Waals surface area (Å²) in [7, 11) is 0. The molecule has 0 fully saturated rings. The molecule has 0 aliphatic heterocycles. The smallest absolute Gasteiger partial charge is 0.416 e. The maximum Gasteiger partial charge on any atom is 0.416 e. The lowest BCUT2D eigenvalue weighted by molar-refractivity contribution is -0.143. The molecule has 22 heavy (non-hydrogen) atoms. The van der Waals surface area contributed by atoms with Crippen LogP contribution in [0.3, 0.4) is 0 Å². The first-order valence-corrected chi connectivity index (χ1v) is 6.34. The van der Waals surface area contributed by atoms with Crippen molar-refractivity contribution < 1.29 is 36.2 Å². The molecule has 1 aromatic carbocycles. The molecule has 0 saturated carbocycles. The van der Waals surface area contributed by atoms with E-state index in [1.54, 1.807) is 0 Å². The number of nitrogens with two attached hydrogens (primary N) is 1. The Hall–Kier alpha value is -1.42. The molecule has 1 rings (SSSR count). The average Bonchev–Trinajstić information content (AvgIpc) is 2.35. The van der Waals surface area contributed by atoms with Crippen molar-refractivity contribution in [2.75, 3.05) is 5.75 Å². The van der Waals surface area contributed by atoms with Crippen LogP contribution in [0.15, 0.2) is 18.2 Å². The van der Waals surface area contributed by atoms with E-state index in [1.165, 1.54) is 0 Å². The fourth-order valence-electron chi connectivity index (χ4n) is 1.68. The van der Waals surface area contributed by atoms with E-state index in [-0.39, 0.29) is 6.07 Å². The Balaban J connectivity index is 3.39. The largest absolute Gasteiger partial charge is 0.480 e. The zero-order valence-corrected chi connectivity index (χ0v) is 11.7. The van der Waals surface area contributed by atoms with Gasteiger partial charge in [0.05, 0.1) is 11.1 Å². The lowest BCUT2D eigenvalue weighted by atomic mass is 9.91. The third kappa shape index (κ3) is 4.29. The minimum atomic E-state index is -5.00. The molecule has 0 amide bonds. The van der Waals surface area contributed by atoms with Gasteiger partial charge < -0.3 is 10.8 Å². The summed E-state index contributed by atoms with van der Waals surface area (Å²) in [6.45, 7) is 0. The molecule has 3 nitrogen and oxygen atoms in total. The van der Waals surface area contributed by atoms with Crippen molar-refractivity contribution >= 4 is 18.6 Å². The molecule has 124 valence electrons. The van der Waals surface area contributed by atoms with Crippen molar-refractivity contribution in [3.63, 3.8) is 0 Å². The molecule has 0 heterocycles. The number of rotatable bonds is 4. The van der Waals surface area contributed by atoms with Crippen LogP contribution in [0, 0.1) is 0 Å². The fourth-order valence-corrected chi connectivity index (χ4v) is 1.93. The molecule has 0 aromatic heterocycles. The standard InChI is InChI=1S/C12H11F6NO2S/c13-11(14,15)7-1-6(2-8(3-7)12(16,17)18)4-10(19,5-22)9(20)21/h1-3,22H,4-5,19H2,(H,20,21)/t10-/m0/s1. The number of thiol groups is 1. The van der Waals surface area contributed by atoms with Gasteiger partial charge in [0.25, 0.3) is 0 Å². The third-order valence-corrected chi connectivity index (χ3v) is 3.44. The number of carboxylic acids is 1. The summed E-state index contributed by atoms with van der Waals surface area (Å²) >= 11 is 3.69. The van der Waals surface area contributed by atoms with Crippen molar-refractivity contribution in [3.8, 4) is 0 Å². The maximum absolute atomic E-state index is 12.7. The minimum Gasteiger partial charge on any atom is -0.480 e. The lowest BCUT2D eigenvalue weighted by Gasteiger charge is -2.23. The van der Waals surface area contributed by atoms with Crippen molar-refractivity contribution in [2.24, 2.45) is 5.73 Å². The zero-order chi connectivity index (χ0) is 17.3. The van der Waals surface area contributed by atoms with Gasteiger partial charge in [0.2, 0.25) is 0 Å². The van der Waals surface area contributed by atoms with Crippen LogP contribution in [0.5, 0.6) is 0 Å². The highest BCUT2D eigenvalue weighted by Crippen LogP contribution is 2.36. The van der Waals surface area contributed by atoms with E-state index in [2.05, 4.69) is 12.6 Å². The van der Waals surface area contributed by atoms with Gasteiger partial charge in [0.15, 0.2) is 0 Å². The Morgan fingerprint density at radius 1 is 1.05 bits per heavy atom. The van der Waals surface area contributed by atoms with E-state index in [1.807, 2.05) is 0 Å². The number of hydrogen-bond donors (Lipinski definition) is 3. The summed E-state index contributed by atoms with van der Waals surface area (Å²) in [5.74, 6) is -2.03. The van der Waals surface area contributed by atoms with Crippen LogP contribution in [-0.2, 0) is 23.6 Å². The molecule has 0 saturated heterocycles. The van der Waals surface area contributed by atoms with Crippen LogP contribution in [0.1, 0.15) is 16.7 Å². The molecule has 3 N–H and O–H groups in total. The summed E-state index contributed by atoms with van der Waals surface area (Å²) in [6, 6.07) is 0.857. The van der Waals surface area contributed by atoms with Gasteiger partial charge in [-0.25, -0.2) is 0 Å². The summed E-state index contributed by atoms with van der Waals surface area (Å²) in [5.41, 5.74) is -0.154. The molecule has 0 spiro atoms. The van der Waals surface area contributed by atoms with Crippen molar-refractivity contribution in [1.82, 2.24) is 0 Å². The number of carboxylic acid groups (broad SMARTS) is 1. The van der Waals surface area contributed by atoms with Crippen molar-refractivity contribution in [1.29, 1.82) is 0 Å². The second-order valence-electron chi connectivity index (χ2n) is 4.71. The van der Waals surface area contributed by atoms with Crippen molar-refractivity contribution in [3.05, 3.63) is 34.9 Å². The Morgan fingerprint density at radius 2 is 1.45 bits per heavy atom. The quantitative estimate of drug-likeness (QED) is 0.580. The van der Waals surface area contributed by atoms with E-state index in [0.29, 0.717) is 12.1 Å². The molecule has 0 aliphatic rings. The molecule has 0 unspecified atom stereocenters. The Labute approximate surface area is 126 Å². The van der Waals surface area contributed by atoms with Crippen LogP contribution in [0.2, 0.25) is 0 Å². The van der Waals surface area contributed by atoms with Gasteiger partial charge >= 0.3 is 18.3 Å². The molecule has 0 bridgehead atoms. The minimum absolute atomic E-state index is 0.0385.